The molecule has 6 nitrogen and oxygen atoms in total. The average molecular weight is 509 g/mol. The standard InChI is InChI=1S/C21H39N3O3.HI/c1-2-22-20(24-17-21(14-16-25)12-6-3-7-13-21)23-15-8-11-19(26)27-18-9-4-5-10-18;/h18,25H,2-17H2,1H3,(H2,22,23,24);1H. The molecule has 3 N–H and O–H groups in total. The summed E-state index contributed by atoms with van der Waals surface area (Å²) in [5.74, 6) is 0.735. The molecule has 0 spiro atoms. The lowest BCUT2D eigenvalue weighted by molar-refractivity contribution is -0.148. The third kappa shape index (κ3) is 9.29. The maximum atomic E-state index is 11.9. The van der Waals surface area contributed by atoms with Gasteiger partial charge in [-0.05, 0) is 63.7 Å². The molecule has 2 fully saturated rings. The topological polar surface area (TPSA) is 83.0 Å². The SMILES string of the molecule is CCNC(=NCC1(CCO)CCCCC1)NCCCC(=O)OC1CCCC1.I. The average Bonchev–Trinajstić information content (AvgIpc) is 3.17. The van der Waals surface area contributed by atoms with Crippen molar-refractivity contribution in [3.05, 3.63) is 0 Å². The van der Waals surface area contributed by atoms with Gasteiger partial charge in [0, 0.05) is 32.7 Å². The lowest BCUT2D eigenvalue weighted by Crippen LogP contribution is -2.39. The Hall–Kier alpha value is -0.570. The van der Waals surface area contributed by atoms with Gasteiger partial charge in [0.25, 0.3) is 0 Å². The van der Waals surface area contributed by atoms with Crippen LogP contribution in [0.4, 0.5) is 0 Å². The van der Waals surface area contributed by atoms with Gasteiger partial charge in [-0.1, -0.05) is 19.3 Å². The lowest BCUT2D eigenvalue weighted by Gasteiger charge is -2.35. The molecule has 0 atom stereocenters. The van der Waals surface area contributed by atoms with E-state index in [1.54, 1.807) is 0 Å². The summed E-state index contributed by atoms with van der Waals surface area (Å²) in [6.45, 7) is 4.57. The molecule has 0 unspecified atom stereocenters. The minimum atomic E-state index is -0.0743. The Labute approximate surface area is 187 Å². The van der Waals surface area contributed by atoms with Gasteiger partial charge in [0.1, 0.15) is 6.10 Å². The maximum absolute atomic E-state index is 11.9. The van der Waals surface area contributed by atoms with Crippen LogP contribution in [-0.2, 0) is 9.53 Å². The summed E-state index contributed by atoms with van der Waals surface area (Å²) in [6, 6.07) is 0. The zero-order valence-electron chi connectivity index (χ0n) is 17.5. The number of esters is 1. The summed E-state index contributed by atoms with van der Waals surface area (Å²) < 4.78 is 5.50. The number of nitrogens with zero attached hydrogens (tertiary/aromatic N) is 1. The highest BCUT2D eigenvalue weighted by Gasteiger charge is 2.31. The van der Waals surface area contributed by atoms with E-state index in [1.807, 2.05) is 0 Å². The summed E-state index contributed by atoms with van der Waals surface area (Å²) in [5, 5.41) is 16.1. The summed E-state index contributed by atoms with van der Waals surface area (Å²) >= 11 is 0. The number of hydrogen-bond acceptors (Lipinski definition) is 4. The third-order valence-corrected chi connectivity index (χ3v) is 5.92. The molecule has 28 heavy (non-hydrogen) atoms. The number of hydrogen-bond donors (Lipinski definition) is 3. The molecule has 0 saturated heterocycles. The third-order valence-electron chi connectivity index (χ3n) is 5.92. The molecule has 0 aromatic rings. The van der Waals surface area contributed by atoms with Crippen LogP contribution in [0.15, 0.2) is 4.99 Å². The van der Waals surface area contributed by atoms with E-state index in [0.717, 1.165) is 57.6 Å². The molecule has 0 radical (unpaired) electrons. The fourth-order valence-corrected chi connectivity index (χ4v) is 4.31. The molecule has 0 bridgehead atoms. The number of guanidine groups is 1. The van der Waals surface area contributed by atoms with E-state index in [0.29, 0.717) is 13.0 Å². The Morgan fingerprint density at radius 2 is 1.86 bits per heavy atom. The van der Waals surface area contributed by atoms with E-state index in [4.69, 9.17) is 9.73 Å². The number of nitrogens with one attached hydrogen (secondary N) is 2. The first kappa shape index (κ1) is 25.5. The van der Waals surface area contributed by atoms with Crippen LogP contribution >= 0.6 is 24.0 Å². The molecule has 2 aliphatic carbocycles. The van der Waals surface area contributed by atoms with Gasteiger partial charge in [-0.15, -0.1) is 24.0 Å². The Morgan fingerprint density at radius 3 is 2.50 bits per heavy atom. The number of carbonyl (C=O) groups excluding carboxylic acids is 1. The Kier molecular flexibility index (Phi) is 13.1. The van der Waals surface area contributed by atoms with E-state index in [1.165, 1.54) is 32.1 Å². The van der Waals surface area contributed by atoms with Gasteiger partial charge in [0.15, 0.2) is 5.96 Å². The van der Waals surface area contributed by atoms with Crippen LogP contribution in [-0.4, -0.2) is 49.4 Å². The highest BCUT2D eigenvalue weighted by atomic mass is 127. The minimum absolute atomic E-state index is 0. The first-order chi connectivity index (χ1) is 13.2. The summed E-state index contributed by atoms with van der Waals surface area (Å²) in [4.78, 5) is 16.7. The van der Waals surface area contributed by atoms with E-state index in [9.17, 15) is 9.90 Å². The Bertz CT molecular complexity index is 456. The van der Waals surface area contributed by atoms with Gasteiger partial charge in [-0.25, -0.2) is 0 Å². The highest BCUT2D eigenvalue weighted by molar-refractivity contribution is 14.0. The summed E-state index contributed by atoms with van der Waals surface area (Å²) in [7, 11) is 0. The molecule has 0 aromatic carbocycles. The predicted molar refractivity (Wildman–Crippen MR) is 124 cm³/mol. The number of aliphatic hydroxyl groups excluding tert-OH is 1. The molecule has 164 valence electrons. The lowest BCUT2D eigenvalue weighted by atomic mass is 9.72. The predicted octanol–water partition coefficient (Wildman–Crippen LogP) is 3.76. The number of aliphatic imine (C=N–C) groups is 1. The second-order valence-electron chi connectivity index (χ2n) is 8.16. The van der Waals surface area contributed by atoms with Gasteiger partial charge < -0.3 is 20.5 Å². The van der Waals surface area contributed by atoms with Crippen molar-refractivity contribution < 1.29 is 14.6 Å². The van der Waals surface area contributed by atoms with E-state index < -0.39 is 0 Å². The maximum Gasteiger partial charge on any atom is 0.306 e. The van der Waals surface area contributed by atoms with Crippen LogP contribution in [0.1, 0.15) is 84.0 Å². The van der Waals surface area contributed by atoms with Crippen molar-refractivity contribution in [2.24, 2.45) is 10.4 Å². The molecule has 2 saturated carbocycles. The largest absolute Gasteiger partial charge is 0.462 e. The van der Waals surface area contributed by atoms with Crippen molar-refractivity contribution in [2.75, 3.05) is 26.2 Å². The van der Waals surface area contributed by atoms with E-state index in [2.05, 4.69) is 17.6 Å². The smallest absolute Gasteiger partial charge is 0.306 e. The first-order valence-corrected chi connectivity index (χ1v) is 11.0. The van der Waals surface area contributed by atoms with Crippen LogP contribution in [0, 0.1) is 5.41 Å². The van der Waals surface area contributed by atoms with Crippen molar-refractivity contribution in [1.29, 1.82) is 0 Å². The number of halogens is 1. The minimum Gasteiger partial charge on any atom is -0.462 e. The van der Waals surface area contributed by atoms with E-state index >= 15 is 0 Å². The highest BCUT2D eigenvalue weighted by Crippen LogP contribution is 2.39. The van der Waals surface area contributed by atoms with Gasteiger partial charge in [-0.3, -0.25) is 9.79 Å². The van der Waals surface area contributed by atoms with Gasteiger partial charge in [0.2, 0.25) is 0 Å². The summed E-state index contributed by atoms with van der Waals surface area (Å²) in [6.07, 6.45) is 12.7. The first-order valence-electron chi connectivity index (χ1n) is 11.0. The number of aliphatic hydroxyl groups is 1. The summed E-state index contributed by atoms with van der Waals surface area (Å²) in [5.41, 5.74) is 0.153. The van der Waals surface area contributed by atoms with Gasteiger partial charge >= 0.3 is 5.97 Å². The zero-order valence-corrected chi connectivity index (χ0v) is 19.8. The Balaban J connectivity index is 0.00000392. The van der Waals surface area contributed by atoms with Gasteiger partial charge in [0.05, 0.1) is 0 Å². The second kappa shape index (κ2) is 14.4. The fraction of sp³-hybridized carbons (Fsp3) is 0.905. The Morgan fingerprint density at radius 1 is 1.14 bits per heavy atom. The van der Waals surface area contributed by atoms with Crippen molar-refractivity contribution in [2.45, 2.75) is 90.1 Å². The van der Waals surface area contributed by atoms with Crippen LogP contribution in [0.3, 0.4) is 0 Å². The van der Waals surface area contributed by atoms with Crippen LogP contribution in [0.25, 0.3) is 0 Å². The molecular formula is C21H40IN3O3. The molecule has 0 aliphatic heterocycles. The molecule has 0 heterocycles. The number of ether oxygens (including phenoxy) is 1. The molecule has 2 aliphatic rings. The quantitative estimate of drug-likeness (QED) is 0.137. The molecule has 0 aromatic heterocycles. The van der Waals surface area contributed by atoms with Crippen LogP contribution in [0.2, 0.25) is 0 Å². The molecule has 0 amide bonds. The van der Waals surface area contributed by atoms with Crippen molar-refractivity contribution >= 4 is 35.9 Å². The van der Waals surface area contributed by atoms with Crippen LogP contribution in [0.5, 0.6) is 0 Å². The van der Waals surface area contributed by atoms with Gasteiger partial charge in [-0.2, -0.15) is 0 Å². The second-order valence-corrected chi connectivity index (χ2v) is 8.16. The molecule has 2 rings (SSSR count). The van der Waals surface area contributed by atoms with Crippen molar-refractivity contribution in [3.8, 4) is 0 Å². The number of rotatable bonds is 10. The van der Waals surface area contributed by atoms with E-state index in [-0.39, 0.29) is 48.1 Å². The number of carbonyl (C=O) groups is 1. The monoisotopic (exact) mass is 509 g/mol. The van der Waals surface area contributed by atoms with Crippen LogP contribution < -0.4 is 10.6 Å². The normalized spacial score (nSPS) is 19.7. The molecule has 7 heteroatoms. The van der Waals surface area contributed by atoms with Crippen molar-refractivity contribution in [1.82, 2.24) is 10.6 Å². The zero-order chi connectivity index (χ0) is 19.4. The molecular weight excluding hydrogens is 469 g/mol. The fourth-order valence-electron chi connectivity index (χ4n) is 4.31. The van der Waals surface area contributed by atoms with Crippen molar-refractivity contribution in [3.63, 3.8) is 0 Å².